The van der Waals surface area contributed by atoms with Crippen molar-refractivity contribution in [1.82, 2.24) is 10.2 Å². The first-order valence-corrected chi connectivity index (χ1v) is 8.03. The van der Waals surface area contributed by atoms with Gasteiger partial charge in [-0.15, -0.1) is 0 Å². The van der Waals surface area contributed by atoms with Crippen LogP contribution in [0.15, 0.2) is 24.3 Å². The summed E-state index contributed by atoms with van der Waals surface area (Å²) in [5.41, 5.74) is 1.48. The van der Waals surface area contributed by atoms with Crippen molar-refractivity contribution in [2.24, 2.45) is 5.92 Å². The number of aliphatic carboxylic acids is 1. The molecule has 1 fully saturated rings. The van der Waals surface area contributed by atoms with E-state index < -0.39 is 17.9 Å². The van der Waals surface area contributed by atoms with Gasteiger partial charge in [0, 0.05) is 24.6 Å². The molecule has 1 aromatic carbocycles. The lowest BCUT2D eigenvalue weighted by Gasteiger charge is -2.28. The SMILES string of the molecule is O=C(CN1Cc2ccccc2C1=O)NC(C(=O)O)C1CCCOC1. The second-order valence-corrected chi connectivity index (χ2v) is 6.18. The van der Waals surface area contributed by atoms with Crippen molar-refractivity contribution in [3.8, 4) is 0 Å². The van der Waals surface area contributed by atoms with Crippen molar-refractivity contribution >= 4 is 17.8 Å². The lowest BCUT2D eigenvalue weighted by atomic mass is 9.93. The molecule has 128 valence electrons. The number of nitrogens with zero attached hydrogens (tertiary/aromatic N) is 1. The second kappa shape index (κ2) is 7.00. The first-order chi connectivity index (χ1) is 11.6. The highest BCUT2D eigenvalue weighted by Gasteiger charge is 2.33. The maximum Gasteiger partial charge on any atom is 0.326 e. The Balaban J connectivity index is 1.60. The minimum atomic E-state index is -1.07. The third-order valence-corrected chi connectivity index (χ3v) is 4.48. The molecule has 0 spiro atoms. The van der Waals surface area contributed by atoms with Gasteiger partial charge in [-0.2, -0.15) is 0 Å². The van der Waals surface area contributed by atoms with Crippen LogP contribution in [0.25, 0.3) is 0 Å². The third-order valence-electron chi connectivity index (χ3n) is 4.48. The van der Waals surface area contributed by atoms with E-state index in [1.165, 1.54) is 4.90 Å². The Morgan fingerprint density at radius 3 is 2.83 bits per heavy atom. The molecule has 2 N–H and O–H groups in total. The number of benzene rings is 1. The molecule has 0 aromatic heterocycles. The van der Waals surface area contributed by atoms with Crippen molar-refractivity contribution in [1.29, 1.82) is 0 Å². The molecular formula is C17H20N2O5. The van der Waals surface area contributed by atoms with Crippen molar-refractivity contribution in [3.63, 3.8) is 0 Å². The number of carboxylic acids is 1. The van der Waals surface area contributed by atoms with Crippen molar-refractivity contribution in [2.45, 2.75) is 25.4 Å². The Bertz CT molecular complexity index is 654. The van der Waals surface area contributed by atoms with Crippen LogP contribution < -0.4 is 5.32 Å². The van der Waals surface area contributed by atoms with E-state index in [2.05, 4.69) is 5.32 Å². The predicted octanol–water partition coefficient (Wildman–Crippen LogP) is 0.638. The molecule has 7 heteroatoms. The Morgan fingerprint density at radius 1 is 1.38 bits per heavy atom. The number of ether oxygens (including phenoxy) is 1. The van der Waals surface area contributed by atoms with Crippen LogP contribution in [-0.4, -0.2) is 53.6 Å². The summed E-state index contributed by atoms with van der Waals surface area (Å²) in [4.78, 5) is 37.4. The van der Waals surface area contributed by atoms with Crippen molar-refractivity contribution in [2.75, 3.05) is 19.8 Å². The zero-order valence-corrected chi connectivity index (χ0v) is 13.2. The highest BCUT2D eigenvalue weighted by molar-refractivity contribution is 6.00. The van der Waals surface area contributed by atoms with Crippen LogP contribution in [0.3, 0.4) is 0 Å². The van der Waals surface area contributed by atoms with Crippen LogP contribution in [0.1, 0.15) is 28.8 Å². The van der Waals surface area contributed by atoms with Crippen LogP contribution in [0, 0.1) is 5.92 Å². The number of carboxylic acid groups (broad SMARTS) is 1. The molecule has 2 aliphatic heterocycles. The fourth-order valence-electron chi connectivity index (χ4n) is 3.24. The van der Waals surface area contributed by atoms with Gasteiger partial charge < -0.3 is 20.1 Å². The number of hydrogen-bond donors (Lipinski definition) is 2. The van der Waals surface area contributed by atoms with E-state index in [0.29, 0.717) is 31.7 Å². The zero-order chi connectivity index (χ0) is 17.1. The largest absolute Gasteiger partial charge is 0.480 e. The quantitative estimate of drug-likeness (QED) is 0.825. The van der Waals surface area contributed by atoms with Gasteiger partial charge in [-0.05, 0) is 24.5 Å². The average Bonchev–Trinajstić information content (AvgIpc) is 2.89. The molecule has 3 rings (SSSR count). The van der Waals surface area contributed by atoms with Gasteiger partial charge in [0.05, 0.1) is 6.61 Å². The summed E-state index contributed by atoms with van der Waals surface area (Å²) in [6, 6.07) is 6.22. The summed E-state index contributed by atoms with van der Waals surface area (Å²) in [6.07, 6.45) is 1.48. The normalized spacial score (nSPS) is 21.2. The molecule has 7 nitrogen and oxygen atoms in total. The molecule has 1 saturated heterocycles. The smallest absolute Gasteiger partial charge is 0.326 e. The van der Waals surface area contributed by atoms with Crippen LogP contribution in [0.4, 0.5) is 0 Å². The van der Waals surface area contributed by atoms with Gasteiger partial charge in [-0.25, -0.2) is 4.79 Å². The number of nitrogens with one attached hydrogen (secondary N) is 1. The van der Waals surface area contributed by atoms with E-state index in [-0.39, 0.29) is 18.4 Å². The Labute approximate surface area is 139 Å². The van der Waals surface area contributed by atoms with Crippen LogP contribution in [0.2, 0.25) is 0 Å². The second-order valence-electron chi connectivity index (χ2n) is 6.18. The third kappa shape index (κ3) is 3.41. The lowest BCUT2D eigenvalue weighted by molar-refractivity contribution is -0.145. The van der Waals surface area contributed by atoms with E-state index >= 15 is 0 Å². The maximum atomic E-state index is 12.3. The van der Waals surface area contributed by atoms with Gasteiger partial charge in [-0.1, -0.05) is 18.2 Å². The summed E-state index contributed by atoms with van der Waals surface area (Å²) in [6.45, 7) is 1.17. The monoisotopic (exact) mass is 332 g/mol. The molecule has 24 heavy (non-hydrogen) atoms. The molecule has 2 unspecified atom stereocenters. The first-order valence-electron chi connectivity index (χ1n) is 8.03. The molecule has 0 radical (unpaired) electrons. The van der Waals surface area contributed by atoms with Gasteiger partial charge in [0.2, 0.25) is 5.91 Å². The van der Waals surface area contributed by atoms with Gasteiger partial charge >= 0.3 is 5.97 Å². The Morgan fingerprint density at radius 2 is 2.17 bits per heavy atom. The fourth-order valence-corrected chi connectivity index (χ4v) is 3.24. The minimum absolute atomic E-state index is 0.148. The standard InChI is InChI=1S/C17H20N2O5/c20-14(18-15(17(22)23)12-5-3-7-24-10-12)9-19-8-11-4-1-2-6-13(11)16(19)21/h1-2,4,6,12,15H,3,5,7-10H2,(H,18,20)(H,22,23). The van der Waals surface area contributed by atoms with Gasteiger partial charge in [0.25, 0.3) is 5.91 Å². The molecular weight excluding hydrogens is 312 g/mol. The van der Waals surface area contributed by atoms with Gasteiger partial charge in [-0.3, -0.25) is 9.59 Å². The summed E-state index contributed by atoms with van der Waals surface area (Å²) in [5, 5.41) is 11.9. The minimum Gasteiger partial charge on any atom is -0.480 e. The lowest BCUT2D eigenvalue weighted by Crippen LogP contribution is -2.51. The zero-order valence-electron chi connectivity index (χ0n) is 13.2. The van der Waals surface area contributed by atoms with E-state index in [4.69, 9.17) is 4.74 Å². The van der Waals surface area contributed by atoms with Crippen LogP contribution in [-0.2, 0) is 20.9 Å². The van der Waals surface area contributed by atoms with Crippen LogP contribution in [0.5, 0.6) is 0 Å². The van der Waals surface area contributed by atoms with Crippen LogP contribution >= 0.6 is 0 Å². The fraction of sp³-hybridized carbons (Fsp3) is 0.471. The predicted molar refractivity (Wildman–Crippen MR) is 84.3 cm³/mol. The van der Waals surface area contributed by atoms with E-state index in [1.807, 2.05) is 12.1 Å². The molecule has 2 aliphatic rings. The molecule has 1 aromatic rings. The highest BCUT2D eigenvalue weighted by Crippen LogP contribution is 2.22. The van der Waals surface area contributed by atoms with E-state index in [9.17, 15) is 19.5 Å². The molecule has 2 amide bonds. The van der Waals surface area contributed by atoms with Crippen molar-refractivity contribution < 1.29 is 24.2 Å². The Kier molecular flexibility index (Phi) is 4.80. The summed E-state index contributed by atoms with van der Waals surface area (Å²) in [7, 11) is 0. The summed E-state index contributed by atoms with van der Waals surface area (Å²) < 4.78 is 5.31. The van der Waals surface area contributed by atoms with E-state index in [1.54, 1.807) is 12.1 Å². The maximum absolute atomic E-state index is 12.3. The average molecular weight is 332 g/mol. The highest BCUT2D eigenvalue weighted by atomic mass is 16.5. The number of fused-ring (bicyclic) bond motifs is 1. The number of amides is 2. The summed E-state index contributed by atoms with van der Waals surface area (Å²) >= 11 is 0. The molecule has 0 bridgehead atoms. The first kappa shape index (κ1) is 16.4. The topological polar surface area (TPSA) is 95.9 Å². The van der Waals surface area contributed by atoms with Gasteiger partial charge in [0.15, 0.2) is 0 Å². The van der Waals surface area contributed by atoms with Crippen molar-refractivity contribution in [3.05, 3.63) is 35.4 Å². The molecule has 2 heterocycles. The number of hydrogen-bond acceptors (Lipinski definition) is 4. The van der Waals surface area contributed by atoms with E-state index in [0.717, 1.165) is 12.0 Å². The number of carbonyl (C=O) groups excluding carboxylic acids is 2. The molecule has 2 atom stereocenters. The number of carbonyl (C=O) groups is 3. The number of rotatable bonds is 5. The van der Waals surface area contributed by atoms with Gasteiger partial charge in [0.1, 0.15) is 12.6 Å². The molecule has 0 aliphatic carbocycles. The summed E-state index contributed by atoms with van der Waals surface area (Å²) in [5.74, 6) is -1.98. The Hall–Kier alpha value is -2.41. The molecule has 0 saturated carbocycles.